The Balaban J connectivity index is 0. The molecule has 0 amide bonds. The molecule has 48 valence electrons. The molecule has 7 heteroatoms. The molecule has 0 atom stereocenters. The molecule has 0 heterocycles. The summed E-state index contributed by atoms with van der Waals surface area (Å²) in [6, 6.07) is 0. The Morgan fingerprint density at radius 2 is 0.571 bits per heavy atom. The van der Waals surface area contributed by atoms with Crippen LogP contribution in [0.1, 0.15) is 0 Å². The second-order valence-electron chi connectivity index (χ2n) is 0. The molecule has 0 aromatic heterocycles. The van der Waals surface area contributed by atoms with Crippen LogP contribution in [0.4, 0.5) is 0 Å². The summed E-state index contributed by atoms with van der Waals surface area (Å²) in [6.07, 6.45) is 0. The van der Waals surface area contributed by atoms with E-state index in [-0.39, 0.29) is 132 Å². The first-order valence-corrected chi connectivity index (χ1v) is 0. The van der Waals surface area contributed by atoms with Gasteiger partial charge in [-0.25, -0.2) is 0 Å². The molecule has 0 saturated heterocycles. The molecule has 0 unspecified atom stereocenters. The van der Waals surface area contributed by atoms with Gasteiger partial charge in [-0.2, -0.15) is 0 Å². The number of hydrogen-bond donors (Lipinski definition) is 0. The van der Waals surface area contributed by atoms with E-state index in [0.29, 0.717) is 0 Å². The molecule has 7 heavy (non-hydrogen) atoms. The van der Waals surface area contributed by atoms with Crippen LogP contribution < -0.4 is 0 Å². The van der Waals surface area contributed by atoms with E-state index in [4.69, 9.17) is 0 Å². The molecule has 0 bridgehead atoms. The Morgan fingerprint density at radius 1 is 0.571 bits per heavy atom. The fourth-order valence-corrected chi connectivity index (χ4v) is 0. The first kappa shape index (κ1) is 66.6. The van der Waals surface area contributed by atoms with E-state index in [1.807, 2.05) is 0 Å². The third-order valence-electron chi connectivity index (χ3n) is 0. The van der Waals surface area contributed by atoms with Crippen molar-refractivity contribution in [3.8, 4) is 0 Å². The van der Waals surface area contributed by atoms with Crippen LogP contribution in [0, 0.1) is 0 Å². The molecule has 0 aromatic carbocycles. The van der Waals surface area contributed by atoms with Crippen molar-refractivity contribution in [2.24, 2.45) is 0 Å². The molecule has 0 nitrogen and oxygen atoms in total. The molecule has 0 spiro atoms. The average molecular weight is 381 g/mol. The van der Waals surface area contributed by atoms with Crippen molar-refractivity contribution in [3.63, 3.8) is 0 Å². The van der Waals surface area contributed by atoms with E-state index in [9.17, 15) is 0 Å². The summed E-state index contributed by atoms with van der Waals surface area (Å²) in [7, 11) is 0. The van der Waals surface area contributed by atoms with Gasteiger partial charge in [-0.15, -0.1) is 0 Å². The van der Waals surface area contributed by atoms with Crippen LogP contribution in [0.2, 0.25) is 0 Å². The van der Waals surface area contributed by atoms with Gasteiger partial charge < -0.3 is 0 Å². The summed E-state index contributed by atoms with van der Waals surface area (Å²) < 4.78 is 0. The molecule has 0 rings (SSSR count). The zero-order chi connectivity index (χ0) is 0. The Morgan fingerprint density at radius 3 is 0.571 bits per heavy atom. The molecule has 0 aliphatic carbocycles. The van der Waals surface area contributed by atoms with E-state index >= 15 is 0 Å². The van der Waals surface area contributed by atoms with E-state index in [1.54, 1.807) is 0 Å². The van der Waals surface area contributed by atoms with Gasteiger partial charge in [-0.05, 0) is 0 Å². The minimum absolute atomic E-state index is 0. The monoisotopic (exact) mass is 380 g/mol. The molecule has 0 fully saturated rings. The van der Waals surface area contributed by atoms with Gasteiger partial charge in [0.15, 0.2) is 0 Å². The summed E-state index contributed by atoms with van der Waals surface area (Å²) in [5.74, 6) is 0. The van der Waals surface area contributed by atoms with Crippen molar-refractivity contribution in [1.29, 1.82) is 0 Å². The normalized spacial score (nSPS) is 0. The zero-order valence-corrected chi connectivity index (χ0v) is 11.8. The molecular weight excluding hydrogens is 381 g/mol. The van der Waals surface area contributed by atoms with Gasteiger partial charge in [-0.1, -0.05) is 0 Å². The largest absolute Gasteiger partial charge is 0 e. The molecule has 0 N–H and O–H groups in total. The summed E-state index contributed by atoms with van der Waals surface area (Å²) in [4.78, 5) is 0. The van der Waals surface area contributed by atoms with Crippen LogP contribution in [0.3, 0.4) is 0 Å². The average Bonchev–Trinajstić information content (AvgIpc) is 0. The fraction of sp³-hybridized carbons (Fsp3) is 0. The molecule has 0 aliphatic rings. The number of hydrogen-bond acceptors (Lipinski definition) is 0. The van der Waals surface area contributed by atoms with Gasteiger partial charge in [0, 0.05) is 132 Å². The fourth-order valence-electron chi connectivity index (χ4n) is 0. The molecule has 0 saturated carbocycles. The van der Waals surface area contributed by atoms with Gasteiger partial charge in [0.05, 0.1) is 0 Å². The molecule has 4 radical (unpaired) electrons. The van der Waals surface area contributed by atoms with Crippen molar-refractivity contribution >= 4 is 0 Å². The van der Waals surface area contributed by atoms with Crippen LogP contribution in [0.5, 0.6) is 0 Å². The van der Waals surface area contributed by atoms with Crippen molar-refractivity contribution in [3.05, 3.63) is 0 Å². The van der Waals surface area contributed by atoms with Crippen LogP contribution in [-0.4, -0.2) is 0 Å². The Kier molecular flexibility index (Phi) is 469. The third-order valence-corrected chi connectivity index (χ3v) is 0. The Bertz CT molecular complexity index is 13.7. The quantitative estimate of drug-likeness (QED) is 0.519. The summed E-state index contributed by atoms with van der Waals surface area (Å²) >= 11 is 0. The predicted octanol–water partition coefficient (Wildman–Crippen LogP) is -0.0175. The van der Waals surface area contributed by atoms with E-state index in [1.165, 1.54) is 0 Å². The van der Waals surface area contributed by atoms with Gasteiger partial charge in [-0.3, -0.25) is 0 Å². The maximum absolute atomic E-state index is 0. The van der Waals surface area contributed by atoms with Crippen LogP contribution >= 0.6 is 0 Å². The molecule has 0 aliphatic heterocycles. The van der Waals surface area contributed by atoms with Crippen molar-refractivity contribution in [2.45, 2.75) is 0 Å². The van der Waals surface area contributed by atoms with Gasteiger partial charge >= 0.3 is 0 Å². The Hall–Kier alpha value is 4.16. The maximum Gasteiger partial charge on any atom is 0 e. The Labute approximate surface area is 129 Å². The minimum atomic E-state index is 0. The second-order valence-corrected chi connectivity index (χ2v) is 0. The first-order valence-electron chi connectivity index (χ1n) is 0. The molecule has 0 aromatic rings. The predicted molar refractivity (Wildman–Crippen MR) is 0 cm³/mol. The van der Waals surface area contributed by atoms with E-state index < -0.39 is 0 Å². The standard InChI is InChI=1S/2Cu.Fe.2Ti.2V. The van der Waals surface area contributed by atoms with Crippen LogP contribution in [0.25, 0.3) is 0 Å². The smallest absolute Gasteiger partial charge is 0 e. The van der Waals surface area contributed by atoms with E-state index in [2.05, 4.69) is 0 Å². The first-order chi connectivity index (χ1) is 0. The van der Waals surface area contributed by atoms with Gasteiger partial charge in [0.2, 0.25) is 0 Å². The maximum atomic E-state index is 0. The van der Waals surface area contributed by atoms with Crippen LogP contribution in [0.15, 0.2) is 0 Å². The molecular formula is Cu2FeTi2V2. The van der Waals surface area contributed by atoms with Crippen molar-refractivity contribution < 1.29 is 132 Å². The third kappa shape index (κ3) is 39.1. The van der Waals surface area contributed by atoms with E-state index in [0.717, 1.165) is 0 Å². The second kappa shape index (κ2) is 49.3. The minimum Gasteiger partial charge on any atom is 0 e. The van der Waals surface area contributed by atoms with Crippen molar-refractivity contribution in [2.75, 3.05) is 0 Å². The van der Waals surface area contributed by atoms with Gasteiger partial charge in [0.25, 0.3) is 0 Å². The van der Waals surface area contributed by atoms with Crippen molar-refractivity contribution in [1.82, 2.24) is 0 Å². The zero-order valence-electron chi connectivity index (χ0n) is 2.85. The summed E-state index contributed by atoms with van der Waals surface area (Å²) in [5.41, 5.74) is 0. The van der Waals surface area contributed by atoms with Crippen LogP contribution in [-0.2, 0) is 132 Å². The SMILES string of the molecule is [Cu].[Cu].[Fe].[Ti].[Ti].[V].[V]. The number of rotatable bonds is 0. The summed E-state index contributed by atoms with van der Waals surface area (Å²) in [6.45, 7) is 0. The van der Waals surface area contributed by atoms with Gasteiger partial charge in [0.1, 0.15) is 0 Å². The topological polar surface area (TPSA) is 0 Å². The summed E-state index contributed by atoms with van der Waals surface area (Å²) in [5, 5.41) is 0.